The van der Waals surface area contributed by atoms with Crippen LogP contribution in [0.3, 0.4) is 0 Å². The molecule has 0 fully saturated rings. The molecule has 0 bridgehead atoms. The summed E-state index contributed by atoms with van der Waals surface area (Å²) in [6.07, 6.45) is 1.03. The fraction of sp³-hybridized carbons (Fsp3) is 0.185. The molecule has 0 spiro atoms. The van der Waals surface area contributed by atoms with Gasteiger partial charge in [0, 0.05) is 0 Å². The van der Waals surface area contributed by atoms with Crippen LogP contribution in [0.4, 0.5) is 0 Å². The first kappa shape index (κ1) is 25.7. The van der Waals surface area contributed by atoms with Gasteiger partial charge in [0.15, 0.2) is 0 Å². The van der Waals surface area contributed by atoms with Crippen molar-refractivity contribution in [3.8, 4) is 0 Å². The largest absolute Gasteiger partial charge is 1.00 e. The summed E-state index contributed by atoms with van der Waals surface area (Å²) >= 11 is -3.32. The van der Waals surface area contributed by atoms with E-state index in [2.05, 4.69) is 106 Å². The third-order valence-corrected chi connectivity index (χ3v) is 12.8. The Balaban J connectivity index is 0.00000171. The third-order valence-electron chi connectivity index (χ3n) is 6.40. The summed E-state index contributed by atoms with van der Waals surface area (Å²) in [6.45, 7) is 6.78. The van der Waals surface area contributed by atoms with Crippen molar-refractivity contribution >= 4 is 17.2 Å². The first-order valence-corrected chi connectivity index (χ1v) is 13.2. The van der Waals surface area contributed by atoms with Crippen molar-refractivity contribution < 1.29 is 45.1 Å². The van der Waals surface area contributed by atoms with Crippen LogP contribution in [0.1, 0.15) is 32.8 Å². The summed E-state index contributed by atoms with van der Waals surface area (Å²) in [5.74, 6) is 0. The zero-order valence-corrected chi connectivity index (χ0v) is 21.5. The van der Waals surface area contributed by atoms with E-state index in [1.807, 2.05) is 7.11 Å². The van der Waals surface area contributed by atoms with Crippen LogP contribution in [0.5, 0.6) is 0 Å². The second-order valence-corrected chi connectivity index (χ2v) is 13.3. The van der Waals surface area contributed by atoms with Gasteiger partial charge in [0.05, 0.1) is 0 Å². The van der Waals surface area contributed by atoms with E-state index in [1.54, 1.807) is 0 Å². The summed E-state index contributed by atoms with van der Waals surface area (Å²) in [5.41, 5.74) is 7.14. The summed E-state index contributed by atoms with van der Waals surface area (Å²) < 4.78 is 10.7. The molecule has 0 aliphatic heterocycles. The predicted octanol–water partition coefficient (Wildman–Crippen LogP) is -0.800. The minimum atomic E-state index is -3.32. The van der Waals surface area contributed by atoms with E-state index < -0.39 is 17.0 Å². The summed E-state index contributed by atoms with van der Waals surface area (Å²) in [4.78, 5) is 0. The van der Waals surface area contributed by atoms with Gasteiger partial charge in [-0.25, -0.2) is 0 Å². The van der Waals surface area contributed by atoms with Crippen LogP contribution in [-0.4, -0.2) is 7.11 Å². The van der Waals surface area contributed by atoms with Gasteiger partial charge < -0.3 is 24.8 Å². The van der Waals surface area contributed by atoms with E-state index >= 15 is 0 Å². The van der Waals surface area contributed by atoms with Crippen LogP contribution >= 0.6 is 0 Å². The van der Waals surface area contributed by atoms with E-state index in [9.17, 15) is 0 Å². The van der Waals surface area contributed by atoms with Crippen molar-refractivity contribution in [2.75, 3.05) is 7.11 Å². The first-order chi connectivity index (χ1) is 14.1. The van der Waals surface area contributed by atoms with Crippen molar-refractivity contribution in [2.24, 2.45) is 0 Å². The molecular formula is C27H28Cl2OTi. The molecule has 0 N–H and O–H groups in total. The minimum absolute atomic E-state index is 0. The molecule has 0 amide bonds. The van der Waals surface area contributed by atoms with E-state index in [1.165, 1.54) is 39.5 Å². The second-order valence-electron chi connectivity index (χ2n) is 7.85. The Labute approximate surface area is 202 Å². The molecule has 1 nitrogen and oxygen atoms in total. The SMILES string of the molecule is C[O][Ti+2]([c]1ccccc1)([c]1ccccc1)[c]1ccccc1C1=C(C)C(C)=C(C)C1.[Cl-].[Cl-]. The van der Waals surface area contributed by atoms with Gasteiger partial charge in [-0.2, -0.15) is 0 Å². The number of benzene rings is 3. The van der Waals surface area contributed by atoms with Gasteiger partial charge in [-0.05, 0) is 0 Å². The maximum Gasteiger partial charge on any atom is -1.00 e. The van der Waals surface area contributed by atoms with E-state index in [-0.39, 0.29) is 24.8 Å². The van der Waals surface area contributed by atoms with Crippen molar-refractivity contribution in [1.82, 2.24) is 0 Å². The number of hydrogen-bond acceptors (Lipinski definition) is 1. The van der Waals surface area contributed by atoms with Gasteiger partial charge in [-0.15, -0.1) is 0 Å². The van der Waals surface area contributed by atoms with Crippen LogP contribution in [0.25, 0.3) is 5.57 Å². The molecule has 31 heavy (non-hydrogen) atoms. The maximum atomic E-state index is 6.64. The molecule has 1 aliphatic rings. The quantitative estimate of drug-likeness (QED) is 0.429. The van der Waals surface area contributed by atoms with Crippen LogP contribution in [0, 0.1) is 0 Å². The van der Waals surface area contributed by atoms with Crippen molar-refractivity contribution in [2.45, 2.75) is 27.2 Å². The third kappa shape index (κ3) is 4.49. The smallest absolute Gasteiger partial charge is 1.00 e. The van der Waals surface area contributed by atoms with Gasteiger partial charge in [0.25, 0.3) is 0 Å². The Morgan fingerprint density at radius 1 is 0.645 bits per heavy atom. The summed E-state index contributed by atoms with van der Waals surface area (Å²) in [7, 11) is 1.90. The topological polar surface area (TPSA) is 9.23 Å². The Bertz CT molecular complexity index is 1050. The predicted molar refractivity (Wildman–Crippen MR) is 121 cm³/mol. The Morgan fingerprint density at radius 3 is 1.58 bits per heavy atom. The fourth-order valence-electron chi connectivity index (χ4n) is 4.60. The number of allylic oxidation sites excluding steroid dienone is 4. The molecule has 0 atom stereocenters. The fourth-order valence-corrected chi connectivity index (χ4v) is 10.7. The zero-order valence-electron chi connectivity index (χ0n) is 18.5. The molecule has 0 saturated carbocycles. The average molecular weight is 487 g/mol. The van der Waals surface area contributed by atoms with Crippen LogP contribution < -0.4 is 36.4 Å². The van der Waals surface area contributed by atoms with Gasteiger partial charge >= 0.3 is 179 Å². The average Bonchev–Trinajstić information content (AvgIpc) is 3.04. The molecule has 0 aromatic heterocycles. The summed E-state index contributed by atoms with van der Waals surface area (Å²) in [5, 5.41) is 0. The molecule has 0 heterocycles. The molecule has 0 saturated heterocycles. The monoisotopic (exact) mass is 486 g/mol. The molecule has 0 radical (unpaired) electrons. The van der Waals surface area contributed by atoms with Gasteiger partial charge in [0.1, 0.15) is 0 Å². The molecule has 4 rings (SSSR count). The number of hydrogen-bond donors (Lipinski definition) is 0. The molecule has 0 unspecified atom stereocenters. The molecule has 160 valence electrons. The minimum Gasteiger partial charge on any atom is -1.00 e. The molecule has 3 aromatic rings. The Kier molecular flexibility index (Phi) is 8.95. The van der Waals surface area contributed by atoms with Gasteiger partial charge in [-0.3, -0.25) is 0 Å². The van der Waals surface area contributed by atoms with Gasteiger partial charge in [0.2, 0.25) is 0 Å². The van der Waals surface area contributed by atoms with E-state index in [4.69, 9.17) is 3.32 Å². The molecule has 4 heteroatoms. The molecule has 1 aliphatic carbocycles. The zero-order chi connectivity index (χ0) is 20.4. The molecule has 3 aromatic carbocycles. The second kappa shape index (κ2) is 10.8. The Morgan fingerprint density at radius 2 is 1.13 bits per heavy atom. The Hall–Kier alpha value is -1.61. The van der Waals surface area contributed by atoms with Crippen LogP contribution in [-0.2, 0) is 20.3 Å². The van der Waals surface area contributed by atoms with Crippen molar-refractivity contribution in [1.29, 1.82) is 0 Å². The van der Waals surface area contributed by atoms with E-state index in [0.29, 0.717) is 0 Å². The van der Waals surface area contributed by atoms with E-state index in [0.717, 1.165) is 6.42 Å². The van der Waals surface area contributed by atoms with Crippen LogP contribution in [0.2, 0.25) is 0 Å². The first-order valence-electron chi connectivity index (χ1n) is 10.2. The van der Waals surface area contributed by atoms with Crippen molar-refractivity contribution in [3.05, 3.63) is 107 Å². The maximum absolute atomic E-state index is 6.64. The number of halogens is 2. The normalized spacial score (nSPS) is 13.2. The van der Waals surface area contributed by atoms with Crippen LogP contribution in [0.15, 0.2) is 102 Å². The van der Waals surface area contributed by atoms with Gasteiger partial charge in [-0.1, -0.05) is 0 Å². The standard InChI is InChI=1S/C14H15.2C6H5.CH3O.2ClH.Ti/c1-10-9-14(12(3)11(10)2)13-7-5-4-6-8-13;2*1-2-4-6-5-3-1;1-2;;;/h4-7H,9H2,1-3H3;2*1-5H;1H3;2*1H;/q;;;-1;;;+3/p-2. The van der Waals surface area contributed by atoms with Crippen molar-refractivity contribution in [3.63, 3.8) is 0 Å². The number of rotatable bonds is 5. The summed E-state index contributed by atoms with van der Waals surface area (Å²) in [6, 6.07) is 30.6. The molecular weight excluding hydrogens is 459 g/mol.